The number of aromatic nitrogens is 2. The van der Waals surface area contributed by atoms with Gasteiger partial charge in [0.2, 0.25) is 5.78 Å². The van der Waals surface area contributed by atoms with Crippen LogP contribution in [0.25, 0.3) is 0 Å². The highest BCUT2D eigenvalue weighted by molar-refractivity contribution is 9.10. The van der Waals surface area contributed by atoms with Crippen LogP contribution in [0.15, 0.2) is 28.9 Å². The summed E-state index contributed by atoms with van der Waals surface area (Å²) in [6.45, 7) is 0. The molecular weight excluding hydrogens is 294 g/mol. The summed E-state index contributed by atoms with van der Waals surface area (Å²) in [5.41, 5.74) is 0.365. The molecule has 88 valence electrons. The first-order chi connectivity index (χ1) is 8.00. The Kier molecular flexibility index (Phi) is 3.06. The van der Waals surface area contributed by atoms with Crippen LogP contribution in [0.3, 0.4) is 0 Å². The number of nitrogens with zero attached hydrogens (tertiary/aromatic N) is 2. The van der Waals surface area contributed by atoms with Crippen molar-refractivity contribution in [3.05, 3.63) is 51.8 Å². The zero-order chi connectivity index (χ0) is 12.6. The van der Waals surface area contributed by atoms with Gasteiger partial charge in [0.25, 0.3) is 0 Å². The van der Waals surface area contributed by atoms with Gasteiger partial charge in [-0.3, -0.25) is 9.48 Å². The average molecular weight is 301 g/mol. The van der Waals surface area contributed by atoms with E-state index in [0.717, 1.165) is 12.1 Å². The highest BCUT2D eigenvalue weighted by Crippen LogP contribution is 2.20. The molecule has 1 aromatic heterocycles. The van der Waals surface area contributed by atoms with E-state index in [4.69, 9.17) is 0 Å². The van der Waals surface area contributed by atoms with Crippen LogP contribution in [0, 0.1) is 11.6 Å². The fourth-order valence-corrected chi connectivity index (χ4v) is 1.97. The lowest BCUT2D eigenvalue weighted by atomic mass is 10.1. The second-order valence-electron chi connectivity index (χ2n) is 3.42. The molecule has 0 fully saturated rings. The number of hydrogen-bond acceptors (Lipinski definition) is 2. The number of carbonyl (C=O) groups is 1. The van der Waals surface area contributed by atoms with Crippen molar-refractivity contribution < 1.29 is 13.6 Å². The van der Waals surface area contributed by atoms with Crippen LogP contribution in [0.4, 0.5) is 8.78 Å². The lowest BCUT2D eigenvalue weighted by Crippen LogP contribution is -2.09. The van der Waals surface area contributed by atoms with Crippen molar-refractivity contribution in [3.8, 4) is 0 Å². The summed E-state index contributed by atoms with van der Waals surface area (Å²) >= 11 is 3.18. The quantitative estimate of drug-likeness (QED) is 0.799. The molecule has 0 saturated heterocycles. The topological polar surface area (TPSA) is 34.9 Å². The van der Waals surface area contributed by atoms with E-state index in [2.05, 4.69) is 21.0 Å². The number of aryl methyl sites for hydroxylation is 1. The minimum absolute atomic E-state index is 0.0770. The summed E-state index contributed by atoms with van der Waals surface area (Å²) in [5.74, 6) is -2.45. The largest absolute Gasteiger partial charge is 0.287 e. The van der Waals surface area contributed by atoms with Gasteiger partial charge in [-0.1, -0.05) is 0 Å². The summed E-state index contributed by atoms with van der Waals surface area (Å²) in [4.78, 5) is 12.0. The maximum atomic E-state index is 13.0. The zero-order valence-corrected chi connectivity index (χ0v) is 10.3. The minimum Gasteiger partial charge on any atom is -0.287 e. The SMILES string of the molecule is Cn1ncc(Br)c1C(=O)c1ccc(F)c(F)c1. The van der Waals surface area contributed by atoms with Crippen LogP contribution in [0.5, 0.6) is 0 Å². The maximum Gasteiger partial charge on any atom is 0.212 e. The fraction of sp³-hybridized carbons (Fsp3) is 0.0909. The molecule has 0 aliphatic heterocycles. The van der Waals surface area contributed by atoms with Gasteiger partial charge in [-0.2, -0.15) is 5.10 Å². The molecule has 0 amide bonds. The van der Waals surface area contributed by atoms with Gasteiger partial charge >= 0.3 is 0 Å². The van der Waals surface area contributed by atoms with E-state index in [0.29, 0.717) is 4.47 Å². The lowest BCUT2D eigenvalue weighted by Gasteiger charge is -2.03. The second kappa shape index (κ2) is 4.37. The number of carbonyl (C=O) groups excluding carboxylic acids is 1. The van der Waals surface area contributed by atoms with Crippen molar-refractivity contribution in [1.82, 2.24) is 9.78 Å². The predicted molar refractivity (Wildman–Crippen MR) is 60.7 cm³/mol. The summed E-state index contributed by atoms with van der Waals surface area (Å²) in [6, 6.07) is 3.03. The van der Waals surface area contributed by atoms with Crippen molar-refractivity contribution in [3.63, 3.8) is 0 Å². The van der Waals surface area contributed by atoms with E-state index in [1.54, 1.807) is 7.05 Å². The van der Waals surface area contributed by atoms with Gasteiger partial charge in [-0.15, -0.1) is 0 Å². The maximum absolute atomic E-state index is 13.0. The van der Waals surface area contributed by atoms with Crippen LogP contribution < -0.4 is 0 Å². The van der Waals surface area contributed by atoms with Gasteiger partial charge in [-0.05, 0) is 34.1 Å². The average Bonchev–Trinajstić information content (AvgIpc) is 2.62. The number of halogens is 3. The molecule has 0 radical (unpaired) electrons. The Labute approximate surface area is 104 Å². The molecule has 0 aliphatic carbocycles. The zero-order valence-electron chi connectivity index (χ0n) is 8.75. The molecule has 0 bridgehead atoms. The molecular formula is C11H7BrF2N2O. The van der Waals surface area contributed by atoms with E-state index < -0.39 is 17.4 Å². The molecule has 0 saturated carbocycles. The first kappa shape index (κ1) is 11.9. The van der Waals surface area contributed by atoms with Crippen molar-refractivity contribution >= 4 is 21.7 Å². The molecule has 1 aromatic carbocycles. The van der Waals surface area contributed by atoms with Gasteiger partial charge in [0.1, 0.15) is 5.69 Å². The monoisotopic (exact) mass is 300 g/mol. The number of benzene rings is 1. The van der Waals surface area contributed by atoms with E-state index >= 15 is 0 Å². The van der Waals surface area contributed by atoms with Gasteiger partial charge in [0, 0.05) is 12.6 Å². The van der Waals surface area contributed by atoms with Crippen molar-refractivity contribution in [2.24, 2.45) is 7.05 Å². The molecule has 3 nitrogen and oxygen atoms in total. The number of hydrogen-bond donors (Lipinski definition) is 0. The smallest absolute Gasteiger partial charge is 0.212 e. The van der Waals surface area contributed by atoms with Crippen LogP contribution in [-0.4, -0.2) is 15.6 Å². The van der Waals surface area contributed by atoms with E-state index in [9.17, 15) is 13.6 Å². The molecule has 17 heavy (non-hydrogen) atoms. The van der Waals surface area contributed by atoms with Crippen LogP contribution >= 0.6 is 15.9 Å². The predicted octanol–water partition coefficient (Wildman–Crippen LogP) is 2.69. The van der Waals surface area contributed by atoms with Gasteiger partial charge in [0.15, 0.2) is 11.6 Å². The van der Waals surface area contributed by atoms with E-state index in [-0.39, 0.29) is 11.3 Å². The van der Waals surface area contributed by atoms with E-state index in [1.807, 2.05) is 0 Å². The third kappa shape index (κ3) is 2.12. The van der Waals surface area contributed by atoms with Crippen molar-refractivity contribution in [2.45, 2.75) is 0 Å². The number of rotatable bonds is 2. The van der Waals surface area contributed by atoms with Gasteiger partial charge < -0.3 is 0 Å². The Bertz CT molecular complexity index is 576. The number of ketones is 1. The molecule has 0 spiro atoms. The molecule has 6 heteroatoms. The second-order valence-corrected chi connectivity index (χ2v) is 4.28. The lowest BCUT2D eigenvalue weighted by molar-refractivity contribution is 0.102. The molecule has 0 unspecified atom stereocenters. The Morgan fingerprint density at radius 1 is 1.35 bits per heavy atom. The Hall–Kier alpha value is -1.56. The highest BCUT2D eigenvalue weighted by Gasteiger charge is 2.18. The summed E-state index contributed by atoms with van der Waals surface area (Å²) in [5, 5.41) is 3.88. The summed E-state index contributed by atoms with van der Waals surface area (Å²) in [6.07, 6.45) is 1.47. The molecule has 0 aliphatic rings. The Balaban J connectivity index is 2.48. The first-order valence-electron chi connectivity index (χ1n) is 4.68. The molecule has 2 rings (SSSR count). The molecule has 0 N–H and O–H groups in total. The molecule has 0 atom stereocenters. The standard InChI is InChI=1S/C11H7BrF2N2O/c1-16-10(7(12)5-15-16)11(17)6-2-3-8(13)9(14)4-6/h2-5H,1H3. The first-order valence-corrected chi connectivity index (χ1v) is 5.47. The highest BCUT2D eigenvalue weighted by atomic mass is 79.9. The third-order valence-electron chi connectivity index (χ3n) is 2.29. The van der Waals surface area contributed by atoms with Gasteiger partial charge in [-0.25, -0.2) is 8.78 Å². The van der Waals surface area contributed by atoms with Gasteiger partial charge in [0.05, 0.1) is 10.7 Å². The minimum atomic E-state index is -1.05. The molecule has 2 aromatic rings. The Morgan fingerprint density at radius 2 is 2.06 bits per heavy atom. The molecule has 1 heterocycles. The normalized spacial score (nSPS) is 10.6. The third-order valence-corrected chi connectivity index (χ3v) is 2.87. The fourth-order valence-electron chi connectivity index (χ4n) is 1.44. The Morgan fingerprint density at radius 3 is 2.59 bits per heavy atom. The van der Waals surface area contributed by atoms with Crippen LogP contribution in [0.2, 0.25) is 0 Å². The van der Waals surface area contributed by atoms with E-state index in [1.165, 1.54) is 16.9 Å². The van der Waals surface area contributed by atoms with Crippen LogP contribution in [0.1, 0.15) is 16.1 Å². The summed E-state index contributed by atoms with van der Waals surface area (Å²) < 4.78 is 27.6. The summed E-state index contributed by atoms with van der Waals surface area (Å²) in [7, 11) is 1.60. The van der Waals surface area contributed by atoms with Crippen LogP contribution in [-0.2, 0) is 7.05 Å². The van der Waals surface area contributed by atoms with Crippen molar-refractivity contribution in [2.75, 3.05) is 0 Å². The van der Waals surface area contributed by atoms with Crippen molar-refractivity contribution in [1.29, 1.82) is 0 Å².